The fourth-order valence-electron chi connectivity index (χ4n) is 2.02. The van der Waals surface area contributed by atoms with Crippen molar-refractivity contribution in [2.75, 3.05) is 6.61 Å². The Kier molecular flexibility index (Phi) is 3.80. The third kappa shape index (κ3) is 3.07. The van der Waals surface area contributed by atoms with Gasteiger partial charge in [-0.1, -0.05) is 18.2 Å². The van der Waals surface area contributed by atoms with Crippen LogP contribution in [-0.2, 0) is 11.2 Å². The van der Waals surface area contributed by atoms with Gasteiger partial charge in [-0.3, -0.25) is 4.79 Å². The average molecular weight is 263 g/mol. The molecule has 2 atom stereocenters. The highest BCUT2D eigenvalue weighted by atomic mass is 16.5. The Balaban J connectivity index is 2.03. The first kappa shape index (κ1) is 13.9. The number of carbonyl (C=O) groups is 1. The van der Waals surface area contributed by atoms with E-state index in [1.54, 1.807) is 6.92 Å². The van der Waals surface area contributed by atoms with Crippen LogP contribution in [0.4, 0.5) is 0 Å². The molecule has 4 nitrogen and oxygen atoms in total. The van der Waals surface area contributed by atoms with Gasteiger partial charge in [0.25, 0.3) is 0 Å². The fraction of sp³-hybridized carbons (Fsp3) is 0.533. The summed E-state index contributed by atoms with van der Waals surface area (Å²) < 4.78 is 5.61. The minimum atomic E-state index is -0.631. The summed E-state index contributed by atoms with van der Waals surface area (Å²) in [5, 5.41) is 12.5. The average Bonchev–Trinajstić information content (AvgIpc) is 2.37. The number of para-hydroxylation sites is 1. The fourth-order valence-corrected chi connectivity index (χ4v) is 2.02. The molecule has 0 saturated heterocycles. The van der Waals surface area contributed by atoms with Gasteiger partial charge in [0, 0.05) is 0 Å². The van der Waals surface area contributed by atoms with Crippen molar-refractivity contribution < 1.29 is 14.6 Å². The SMILES string of the molecule is CC(O)C(C)(C)NC(=O)C1COc2ccccc2C1. The summed E-state index contributed by atoms with van der Waals surface area (Å²) in [6, 6.07) is 7.77. The summed E-state index contributed by atoms with van der Waals surface area (Å²) >= 11 is 0. The number of ether oxygens (including phenoxy) is 1. The number of nitrogens with one attached hydrogen (secondary N) is 1. The standard InChI is InChI=1S/C15H21NO3/c1-10(17)15(2,3)16-14(18)12-8-11-6-4-5-7-13(11)19-9-12/h4-7,10,12,17H,8-9H2,1-3H3,(H,16,18). The number of aliphatic hydroxyl groups is 1. The molecular weight excluding hydrogens is 242 g/mol. The van der Waals surface area contributed by atoms with Gasteiger partial charge < -0.3 is 15.2 Å². The van der Waals surface area contributed by atoms with Crippen LogP contribution >= 0.6 is 0 Å². The molecule has 1 aliphatic heterocycles. The molecular formula is C15H21NO3. The first-order valence-corrected chi connectivity index (χ1v) is 6.61. The largest absolute Gasteiger partial charge is 0.492 e. The molecule has 4 heteroatoms. The number of benzene rings is 1. The normalized spacial score (nSPS) is 20.1. The lowest BCUT2D eigenvalue weighted by molar-refractivity contribution is -0.129. The third-order valence-corrected chi connectivity index (χ3v) is 3.74. The summed E-state index contributed by atoms with van der Waals surface area (Å²) in [6.07, 6.45) is 0.0750. The Labute approximate surface area is 113 Å². The van der Waals surface area contributed by atoms with E-state index in [4.69, 9.17) is 4.74 Å². The van der Waals surface area contributed by atoms with Crippen LogP contribution in [0.25, 0.3) is 0 Å². The first-order chi connectivity index (χ1) is 8.90. The molecule has 1 heterocycles. The quantitative estimate of drug-likeness (QED) is 0.869. The number of hydrogen-bond acceptors (Lipinski definition) is 3. The van der Waals surface area contributed by atoms with Gasteiger partial charge in [-0.05, 0) is 38.8 Å². The number of fused-ring (bicyclic) bond motifs is 1. The number of rotatable bonds is 3. The molecule has 19 heavy (non-hydrogen) atoms. The predicted molar refractivity (Wildman–Crippen MR) is 73.0 cm³/mol. The summed E-state index contributed by atoms with van der Waals surface area (Å²) in [5.41, 5.74) is 0.428. The molecule has 0 aromatic heterocycles. The highest BCUT2D eigenvalue weighted by Crippen LogP contribution is 2.27. The highest BCUT2D eigenvalue weighted by molar-refractivity contribution is 5.80. The molecule has 2 rings (SSSR count). The van der Waals surface area contributed by atoms with E-state index in [0.717, 1.165) is 11.3 Å². The van der Waals surface area contributed by atoms with Crippen LogP contribution in [-0.4, -0.2) is 29.3 Å². The Bertz CT molecular complexity index is 468. The van der Waals surface area contributed by atoms with Crippen LogP contribution in [0, 0.1) is 5.92 Å². The molecule has 1 aromatic rings. The highest BCUT2D eigenvalue weighted by Gasteiger charge is 2.32. The van der Waals surface area contributed by atoms with E-state index in [1.807, 2.05) is 38.1 Å². The third-order valence-electron chi connectivity index (χ3n) is 3.74. The second kappa shape index (κ2) is 5.21. The lowest BCUT2D eigenvalue weighted by atomic mass is 9.93. The molecule has 1 aromatic carbocycles. The molecule has 0 spiro atoms. The smallest absolute Gasteiger partial charge is 0.227 e. The lowest BCUT2D eigenvalue weighted by Crippen LogP contribution is -2.53. The Morgan fingerprint density at radius 2 is 2.16 bits per heavy atom. The van der Waals surface area contributed by atoms with E-state index in [2.05, 4.69) is 5.32 Å². The summed E-state index contributed by atoms with van der Waals surface area (Å²) in [5.74, 6) is 0.592. The van der Waals surface area contributed by atoms with Crippen LogP contribution in [0.5, 0.6) is 5.75 Å². The Morgan fingerprint density at radius 1 is 1.47 bits per heavy atom. The van der Waals surface area contributed by atoms with Crippen molar-refractivity contribution in [3.63, 3.8) is 0 Å². The van der Waals surface area contributed by atoms with Crippen LogP contribution in [0.3, 0.4) is 0 Å². The lowest BCUT2D eigenvalue weighted by Gasteiger charge is -2.32. The van der Waals surface area contributed by atoms with Gasteiger partial charge in [0.05, 0.1) is 17.6 Å². The maximum Gasteiger partial charge on any atom is 0.227 e. The van der Waals surface area contributed by atoms with Gasteiger partial charge in [-0.15, -0.1) is 0 Å². The molecule has 0 fully saturated rings. The van der Waals surface area contributed by atoms with Gasteiger partial charge in [0.2, 0.25) is 5.91 Å². The predicted octanol–water partition coefficient (Wildman–Crippen LogP) is 1.51. The van der Waals surface area contributed by atoms with Crippen molar-refractivity contribution in [2.24, 2.45) is 5.92 Å². The minimum absolute atomic E-state index is 0.0691. The topological polar surface area (TPSA) is 58.6 Å². The van der Waals surface area contributed by atoms with Crippen molar-refractivity contribution in [1.29, 1.82) is 0 Å². The van der Waals surface area contributed by atoms with Gasteiger partial charge in [0.1, 0.15) is 12.4 Å². The van der Waals surface area contributed by atoms with Crippen molar-refractivity contribution >= 4 is 5.91 Å². The minimum Gasteiger partial charge on any atom is -0.492 e. The number of hydrogen-bond donors (Lipinski definition) is 2. The van der Waals surface area contributed by atoms with Crippen LogP contribution < -0.4 is 10.1 Å². The summed E-state index contributed by atoms with van der Waals surface area (Å²) in [7, 11) is 0. The number of aliphatic hydroxyl groups excluding tert-OH is 1. The molecule has 1 amide bonds. The summed E-state index contributed by atoms with van der Waals surface area (Å²) in [6.45, 7) is 5.69. The van der Waals surface area contributed by atoms with E-state index in [0.29, 0.717) is 13.0 Å². The molecule has 2 N–H and O–H groups in total. The zero-order chi connectivity index (χ0) is 14.0. The monoisotopic (exact) mass is 263 g/mol. The summed E-state index contributed by atoms with van der Waals surface area (Å²) in [4.78, 5) is 12.2. The number of amides is 1. The molecule has 0 saturated carbocycles. The van der Waals surface area contributed by atoms with Gasteiger partial charge in [0.15, 0.2) is 0 Å². The van der Waals surface area contributed by atoms with E-state index in [9.17, 15) is 9.90 Å². The molecule has 104 valence electrons. The van der Waals surface area contributed by atoms with E-state index in [1.165, 1.54) is 0 Å². The zero-order valence-electron chi connectivity index (χ0n) is 11.6. The van der Waals surface area contributed by atoms with Crippen molar-refractivity contribution in [3.05, 3.63) is 29.8 Å². The van der Waals surface area contributed by atoms with Crippen LogP contribution in [0.1, 0.15) is 26.3 Å². The van der Waals surface area contributed by atoms with Crippen molar-refractivity contribution in [2.45, 2.75) is 38.8 Å². The van der Waals surface area contributed by atoms with Gasteiger partial charge >= 0.3 is 0 Å². The first-order valence-electron chi connectivity index (χ1n) is 6.61. The van der Waals surface area contributed by atoms with Gasteiger partial charge in [-0.2, -0.15) is 0 Å². The second-order valence-corrected chi connectivity index (χ2v) is 5.71. The van der Waals surface area contributed by atoms with Crippen LogP contribution in [0.15, 0.2) is 24.3 Å². The Morgan fingerprint density at radius 3 is 2.84 bits per heavy atom. The van der Waals surface area contributed by atoms with Crippen molar-refractivity contribution in [3.8, 4) is 5.75 Å². The number of carbonyl (C=O) groups excluding carboxylic acids is 1. The maximum absolute atomic E-state index is 12.2. The zero-order valence-corrected chi connectivity index (χ0v) is 11.6. The maximum atomic E-state index is 12.2. The molecule has 0 bridgehead atoms. The van der Waals surface area contributed by atoms with Crippen LogP contribution in [0.2, 0.25) is 0 Å². The molecule has 0 aliphatic carbocycles. The van der Waals surface area contributed by atoms with Gasteiger partial charge in [-0.25, -0.2) is 0 Å². The van der Waals surface area contributed by atoms with E-state index in [-0.39, 0.29) is 11.8 Å². The second-order valence-electron chi connectivity index (χ2n) is 5.71. The Hall–Kier alpha value is -1.55. The molecule has 0 radical (unpaired) electrons. The molecule has 1 aliphatic rings. The van der Waals surface area contributed by atoms with Crippen molar-refractivity contribution in [1.82, 2.24) is 5.32 Å². The van der Waals surface area contributed by atoms with E-state index >= 15 is 0 Å². The van der Waals surface area contributed by atoms with E-state index < -0.39 is 11.6 Å². The molecule has 2 unspecified atom stereocenters.